The zero-order chi connectivity index (χ0) is 17.0. The Morgan fingerprint density at radius 3 is 2.96 bits per heavy atom. The van der Waals surface area contributed by atoms with Crippen LogP contribution in [0.25, 0.3) is 0 Å². The van der Waals surface area contributed by atoms with Gasteiger partial charge in [-0.2, -0.15) is 0 Å². The first-order valence-corrected chi connectivity index (χ1v) is 8.23. The van der Waals surface area contributed by atoms with Crippen LogP contribution in [0.1, 0.15) is 12.8 Å². The molecule has 5 nitrogen and oxygen atoms in total. The number of ether oxygens (including phenoxy) is 2. The second-order valence-corrected chi connectivity index (χ2v) is 6.37. The number of rotatable bonds is 4. The second kappa shape index (κ2) is 7.34. The van der Waals surface area contributed by atoms with Crippen molar-refractivity contribution in [2.45, 2.75) is 12.8 Å². The lowest BCUT2D eigenvalue weighted by atomic mass is 9.87. The van der Waals surface area contributed by atoms with Gasteiger partial charge in [0.1, 0.15) is 12.4 Å². The third-order valence-electron chi connectivity index (χ3n) is 4.68. The molecule has 2 saturated heterocycles. The van der Waals surface area contributed by atoms with E-state index in [1.54, 1.807) is 7.05 Å². The van der Waals surface area contributed by atoms with Crippen LogP contribution >= 0.6 is 0 Å². The van der Waals surface area contributed by atoms with Crippen molar-refractivity contribution >= 4 is 5.96 Å². The summed E-state index contributed by atoms with van der Waals surface area (Å²) in [7, 11) is 1.76. The van der Waals surface area contributed by atoms with E-state index in [2.05, 4.69) is 15.2 Å². The molecule has 7 heteroatoms. The third-order valence-corrected chi connectivity index (χ3v) is 4.68. The monoisotopic (exact) mass is 339 g/mol. The molecule has 0 amide bonds. The third kappa shape index (κ3) is 3.77. The van der Waals surface area contributed by atoms with Gasteiger partial charge in [-0.15, -0.1) is 0 Å². The van der Waals surface area contributed by atoms with E-state index in [1.807, 2.05) is 0 Å². The second-order valence-electron chi connectivity index (χ2n) is 6.37. The van der Waals surface area contributed by atoms with Crippen molar-refractivity contribution in [3.63, 3.8) is 0 Å². The minimum atomic E-state index is -0.905. The first-order chi connectivity index (χ1) is 11.6. The molecule has 2 aliphatic heterocycles. The molecule has 0 aromatic heterocycles. The molecule has 0 aliphatic carbocycles. The molecular formula is C17H23F2N3O2. The van der Waals surface area contributed by atoms with Crippen LogP contribution < -0.4 is 10.1 Å². The van der Waals surface area contributed by atoms with E-state index < -0.39 is 11.6 Å². The number of halogens is 2. The van der Waals surface area contributed by atoms with Crippen LogP contribution in [0, 0.1) is 17.0 Å². The predicted molar refractivity (Wildman–Crippen MR) is 87.3 cm³/mol. The number of guanidine groups is 1. The lowest BCUT2D eigenvalue weighted by molar-refractivity contribution is 0.156. The fourth-order valence-corrected chi connectivity index (χ4v) is 3.32. The zero-order valence-corrected chi connectivity index (χ0v) is 13.9. The number of aliphatic imine (C=N–C) groups is 1. The molecule has 1 unspecified atom stereocenters. The SMILES string of the molecule is CN=C(NCCOc1ccc(F)c(F)c1)N1CCC2(CCOC2)C1. The van der Waals surface area contributed by atoms with Gasteiger partial charge in [-0.3, -0.25) is 4.99 Å². The molecule has 1 spiro atoms. The van der Waals surface area contributed by atoms with E-state index in [0.29, 0.717) is 18.9 Å². The van der Waals surface area contributed by atoms with Gasteiger partial charge in [0.25, 0.3) is 0 Å². The highest BCUT2D eigenvalue weighted by Crippen LogP contribution is 2.38. The molecule has 1 N–H and O–H groups in total. The lowest BCUT2D eigenvalue weighted by Crippen LogP contribution is -2.42. The summed E-state index contributed by atoms with van der Waals surface area (Å²) < 4.78 is 37.0. The average Bonchev–Trinajstić information content (AvgIpc) is 3.21. The maximum absolute atomic E-state index is 13.1. The molecule has 1 aromatic rings. The quantitative estimate of drug-likeness (QED) is 0.518. The molecule has 0 radical (unpaired) electrons. The predicted octanol–water partition coefficient (Wildman–Crippen LogP) is 2.03. The topological polar surface area (TPSA) is 46.1 Å². The van der Waals surface area contributed by atoms with Gasteiger partial charge in [-0.25, -0.2) is 8.78 Å². The Morgan fingerprint density at radius 1 is 1.38 bits per heavy atom. The highest BCUT2D eigenvalue weighted by molar-refractivity contribution is 5.80. The largest absolute Gasteiger partial charge is 0.492 e. The van der Waals surface area contributed by atoms with Gasteiger partial charge in [0.05, 0.1) is 13.2 Å². The van der Waals surface area contributed by atoms with E-state index in [4.69, 9.17) is 9.47 Å². The number of likely N-dealkylation sites (tertiary alicyclic amines) is 1. The summed E-state index contributed by atoms with van der Waals surface area (Å²) in [5.41, 5.74) is 0.278. The Morgan fingerprint density at radius 2 is 2.25 bits per heavy atom. The molecule has 1 aromatic carbocycles. The maximum Gasteiger partial charge on any atom is 0.193 e. The number of nitrogens with zero attached hydrogens (tertiary/aromatic N) is 2. The Hall–Kier alpha value is -1.89. The van der Waals surface area contributed by atoms with Crippen molar-refractivity contribution in [3.05, 3.63) is 29.8 Å². The minimum Gasteiger partial charge on any atom is -0.492 e. The lowest BCUT2D eigenvalue weighted by Gasteiger charge is -2.24. The summed E-state index contributed by atoms with van der Waals surface area (Å²) in [5, 5.41) is 3.26. The van der Waals surface area contributed by atoms with Crippen LogP contribution in [-0.4, -0.2) is 57.4 Å². The van der Waals surface area contributed by atoms with Crippen molar-refractivity contribution < 1.29 is 18.3 Å². The highest BCUT2D eigenvalue weighted by Gasteiger charge is 2.42. The highest BCUT2D eigenvalue weighted by atomic mass is 19.2. The van der Waals surface area contributed by atoms with Gasteiger partial charge in [0, 0.05) is 38.2 Å². The van der Waals surface area contributed by atoms with E-state index >= 15 is 0 Å². The van der Waals surface area contributed by atoms with E-state index in [9.17, 15) is 8.78 Å². The average molecular weight is 339 g/mol. The Labute approximate surface area is 140 Å². The summed E-state index contributed by atoms with van der Waals surface area (Å²) in [6, 6.07) is 3.52. The molecule has 1 atom stereocenters. The number of nitrogens with one attached hydrogen (secondary N) is 1. The molecule has 2 aliphatic rings. The Balaban J connectivity index is 1.44. The summed E-state index contributed by atoms with van der Waals surface area (Å²) in [6.45, 7) is 4.48. The Kier molecular flexibility index (Phi) is 5.18. The summed E-state index contributed by atoms with van der Waals surface area (Å²) in [5.74, 6) is -0.626. The fourth-order valence-electron chi connectivity index (χ4n) is 3.32. The first-order valence-electron chi connectivity index (χ1n) is 8.23. The zero-order valence-electron chi connectivity index (χ0n) is 13.9. The van der Waals surface area contributed by atoms with Gasteiger partial charge >= 0.3 is 0 Å². The van der Waals surface area contributed by atoms with Crippen molar-refractivity contribution in [3.8, 4) is 5.75 Å². The Bertz CT molecular complexity index is 603. The molecule has 3 rings (SSSR count). The standard InChI is InChI=1S/C17H23F2N3O2/c1-20-16(22-7-4-17(11-22)5-8-23-12-17)21-6-9-24-13-2-3-14(18)15(19)10-13/h2-3,10H,4-9,11-12H2,1H3,(H,20,21). The van der Waals surface area contributed by atoms with Gasteiger partial charge in [0.15, 0.2) is 17.6 Å². The van der Waals surface area contributed by atoms with Gasteiger partial charge in [-0.1, -0.05) is 0 Å². The molecule has 0 saturated carbocycles. The molecular weight excluding hydrogens is 316 g/mol. The summed E-state index contributed by atoms with van der Waals surface area (Å²) in [6.07, 6.45) is 2.23. The number of benzene rings is 1. The van der Waals surface area contributed by atoms with E-state index in [-0.39, 0.29) is 5.41 Å². The minimum absolute atomic E-state index is 0.278. The van der Waals surface area contributed by atoms with Gasteiger partial charge < -0.3 is 19.7 Å². The molecule has 24 heavy (non-hydrogen) atoms. The van der Waals surface area contributed by atoms with Crippen molar-refractivity contribution in [1.29, 1.82) is 0 Å². The van der Waals surface area contributed by atoms with Crippen molar-refractivity contribution in [2.24, 2.45) is 10.4 Å². The summed E-state index contributed by atoms with van der Waals surface area (Å²) in [4.78, 5) is 6.56. The van der Waals surface area contributed by atoms with Crippen LogP contribution in [0.2, 0.25) is 0 Å². The molecule has 0 bridgehead atoms. The maximum atomic E-state index is 13.1. The van der Waals surface area contributed by atoms with Gasteiger partial charge in [0.2, 0.25) is 0 Å². The first kappa shape index (κ1) is 17.0. The number of hydrogen-bond acceptors (Lipinski definition) is 3. The smallest absolute Gasteiger partial charge is 0.193 e. The van der Waals surface area contributed by atoms with Crippen molar-refractivity contribution in [2.75, 3.05) is 46.5 Å². The normalized spacial score (nSPS) is 24.0. The van der Waals surface area contributed by atoms with Crippen LogP contribution in [0.3, 0.4) is 0 Å². The van der Waals surface area contributed by atoms with Crippen molar-refractivity contribution in [1.82, 2.24) is 10.2 Å². The fraction of sp³-hybridized carbons (Fsp3) is 0.588. The van der Waals surface area contributed by atoms with Crippen LogP contribution in [0.15, 0.2) is 23.2 Å². The molecule has 132 valence electrons. The van der Waals surface area contributed by atoms with Crippen LogP contribution in [0.4, 0.5) is 8.78 Å². The van der Waals surface area contributed by atoms with E-state index in [0.717, 1.165) is 57.2 Å². The molecule has 2 heterocycles. The van der Waals surface area contributed by atoms with Gasteiger partial charge in [-0.05, 0) is 25.0 Å². The van der Waals surface area contributed by atoms with E-state index in [1.165, 1.54) is 6.07 Å². The molecule has 2 fully saturated rings. The van der Waals surface area contributed by atoms with Crippen LogP contribution in [-0.2, 0) is 4.74 Å². The van der Waals surface area contributed by atoms with Crippen LogP contribution in [0.5, 0.6) is 5.75 Å². The summed E-state index contributed by atoms with van der Waals surface area (Å²) >= 11 is 0. The number of hydrogen-bond donors (Lipinski definition) is 1.